The monoisotopic (exact) mass is 576 g/mol. The van der Waals surface area contributed by atoms with Crippen molar-refractivity contribution in [2.24, 2.45) is 23.0 Å². The Morgan fingerprint density at radius 2 is 2.05 bits per heavy atom. The van der Waals surface area contributed by atoms with Gasteiger partial charge in [-0.05, 0) is 44.1 Å². The topological polar surface area (TPSA) is 127 Å². The van der Waals surface area contributed by atoms with Crippen molar-refractivity contribution in [3.8, 4) is 5.88 Å². The van der Waals surface area contributed by atoms with Crippen molar-refractivity contribution >= 4 is 44.1 Å². The number of hydrogen-bond acceptors (Lipinski definition) is 8. The Balaban J connectivity index is 1.38. The number of anilines is 1. The summed E-state index contributed by atoms with van der Waals surface area (Å²) in [5.74, 6) is -1.51. The summed E-state index contributed by atoms with van der Waals surface area (Å²) in [5, 5.41) is 6.46. The van der Waals surface area contributed by atoms with Crippen molar-refractivity contribution in [3.05, 3.63) is 16.5 Å². The number of sulfonamides is 1. The molecular formula is C22H24F4N6O4S2. The molecule has 2 aromatic heterocycles. The average molecular weight is 577 g/mol. The van der Waals surface area contributed by atoms with E-state index in [1.165, 1.54) is 17.8 Å². The second kappa shape index (κ2) is 10.4. The van der Waals surface area contributed by atoms with Gasteiger partial charge in [-0.3, -0.25) is 4.79 Å². The molecule has 2 saturated carbocycles. The van der Waals surface area contributed by atoms with Gasteiger partial charge in [0.25, 0.3) is 0 Å². The summed E-state index contributed by atoms with van der Waals surface area (Å²) >= 11 is 1.13. The Morgan fingerprint density at radius 1 is 1.32 bits per heavy atom. The van der Waals surface area contributed by atoms with Gasteiger partial charge in [-0.1, -0.05) is 0 Å². The van der Waals surface area contributed by atoms with Gasteiger partial charge >= 0.3 is 6.61 Å². The third kappa shape index (κ3) is 5.77. The minimum Gasteiger partial charge on any atom is -0.415 e. The zero-order chi connectivity index (χ0) is 27.2. The lowest BCUT2D eigenvalue weighted by atomic mass is 9.92. The van der Waals surface area contributed by atoms with Crippen LogP contribution in [-0.4, -0.2) is 61.2 Å². The highest BCUT2D eigenvalue weighted by Gasteiger charge is 2.45. The summed E-state index contributed by atoms with van der Waals surface area (Å²) in [4.78, 5) is 21.4. The van der Waals surface area contributed by atoms with E-state index in [2.05, 4.69) is 35.9 Å². The van der Waals surface area contributed by atoms with Gasteiger partial charge in [0, 0.05) is 24.0 Å². The third-order valence-corrected chi connectivity index (χ3v) is 9.56. The zero-order valence-electron chi connectivity index (χ0n) is 20.0. The summed E-state index contributed by atoms with van der Waals surface area (Å²) in [6.07, 6.45) is -0.850. The van der Waals surface area contributed by atoms with Crippen molar-refractivity contribution in [1.82, 2.24) is 14.5 Å². The number of aryl methyl sites for hydroxylation is 2. The number of nitrogens with zero attached hydrogens (tertiary/aromatic N) is 4. The van der Waals surface area contributed by atoms with E-state index in [9.17, 15) is 30.8 Å². The molecule has 0 aromatic carbocycles. The van der Waals surface area contributed by atoms with Crippen LogP contribution in [0.25, 0.3) is 0 Å². The van der Waals surface area contributed by atoms with Crippen LogP contribution < -0.4 is 14.8 Å². The van der Waals surface area contributed by atoms with Crippen LogP contribution in [0.4, 0.5) is 28.4 Å². The van der Waals surface area contributed by atoms with Crippen LogP contribution in [0.2, 0.25) is 0 Å². The minimum absolute atomic E-state index is 0.0698. The highest BCUT2D eigenvalue weighted by Crippen LogP contribution is 2.43. The quantitative estimate of drug-likeness (QED) is 0.349. The number of aliphatic imine (C=N–C) groups is 2. The molecule has 2 heterocycles. The molecule has 2 fully saturated rings. The Kier molecular flexibility index (Phi) is 7.33. The number of carbonyl (C=O) groups is 1. The molecule has 16 heteroatoms. The largest absolute Gasteiger partial charge is 0.415 e. The van der Waals surface area contributed by atoms with E-state index in [0.29, 0.717) is 18.4 Å². The fraction of sp³-hybridized carbons (Fsp3) is 0.591. The van der Waals surface area contributed by atoms with Crippen LogP contribution in [0.1, 0.15) is 36.1 Å². The number of rotatable bonds is 9. The maximum atomic E-state index is 13.4. The predicted octanol–water partition coefficient (Wildman–Crippen LogP) is 3.52. The van der Waals surface area contributed by atoms with Crippen molar-refractivity contribution in [2.45, 2.75) is 74.5 Å². The van der Waals surface area contributed by atoms with E-state index in [0.717, 1.165) is 16.2 Å². The number of fused-ring (bicyclic) bond motifs is 1. The highest BCUT2D eigenvalue weighted by atomic mass is 32.2. The van der Waals surface area contributed by atoms with Crippen molar-refractivity contribution in [2.75, 3.05) is 5.32 Å². The number of ether oxygens (including phenoxy) is 1. The first kappa shape index (κ1) is 26.8. The molecular weight excluding hydrogens is 552 g/mol. The van der Waals surface area contributed by atoms with E-state index in [1.807, 2.05) is 0 Å². The molecule has 38 heavy (non-hydrogen) atoms. The van der Waals surface area contributed by atoms with E-state index in [-0.39, 0.29) is 47.3 Å². The lowest BCUT2D eigenvalue weighted by Gasteiger charge is -2.30. The molecule has 0 unspecified atom stereocenters. The van der Waals surface area contributed by atoms with E-state index >= 15 is 0 Å². The average Bonchev–Trinajstić information content (AvgIpc) is 3.28. The molecule has 5 rings (SSSR count). The second-order valence-corrected chi connectivity index (χ2v) is 12.2. The molecule has 0 radical (unpaired) electrons. The fourth-order valence-electron chi connectivity index (χ4n) is 4.43. The first-order chi connectivity index (χ1) is 18.0. The molecule has 10 nitrogen and oxygen atoms in total. The molecule has 0 spiro atoms. The Morgan fingerprint density at radius 3 is 2.71 bits per heavy atom. The summed E-state index contributed by atoms with van der Waals surface area (Å²) in [6, 6.07) is 2.77. The van der Waals surface area contributed by atoms with Crippen molar-refractivity contribution in [1.29, 1.82) is 0 Å². The van der Waals surface area contributed by atoms with Gasteiger partial charge in [-0.2, -0.15) is 13.8 Å². The number of thiophene rings is 1. The SMILES string of the molecule is Cn1nc(OC(F)F)cc1N=C=N[C@H]1CCc2sc(NC(=O)[C@H]3C[C@@H]3F)c(S(=O)(=O)N[C@H]3C[C@@H](F)C3)c2C1. The molecule has 3 atom stereocenters. The van der Waals surface area contributed by atoms with Crippen LogP contribution in [0.3, 0.4) is 0 Å². The second-order valence-electron chi connectivity index (χ2n) is 9.48. The lowest BCUT2D eigenvalue weighted by molar-refractivity contribution is -0.117. The maximum absolute atomic E-state index is 13.4. The zero-order valence-corrected chi connectivity index (χ0v) is 21.7. The predicted molar refractivity (Wildman–Crippen MR) is 129 cm³/mol. The Hall–Kier alpha value is -2.81. The van der Waals surface area contributed by atoms with Gasteiger partial charge in [0.15, 0.2) is 5.82 Å². The van der Waals surface area contributed by atoms with Crippen LogP contribution in [0.15, 0.2) is 20.9 Å². The number of aromatic nitrogens is 2. The Bertz CT molecular complexity index is 1400. The molecule has 0 aliphatic heterocycles. The van der Waals surface area contributed by atoms with E-state index in [1.54, 1.807) is 0 Å². The molecule has 0 bridgehead atoms. The number of halogens is 4. The van der Waals surface area contributed by atoms with Gasteiger partial charge < -0.3 is 10.1 Å². The minimum atomic E-state index is -4.12. The van der Waals surface area contributed by atoms with Gasteiger partial charge in [-0.25, -0.2) is 31.6 Å². The van der Waals surface area contributed by atoms with Crippen LogP contribution in [0, 0.1) is 5.92 Å². The number of carbonyl (C=O) groups excluding carboxylic acids is 1. The molecule has 0 saturated heterocycles. The van der Waals surface area contributed by atoms with Gasteiger partial charge in [-0.15, -0.1) is 16.4 Å². The van der Waals surface area contributed by atoms with Crippen LogP contribution in [-0.2, 0) is 34.7 Å². The van der Waals surface area contributed by atoms with Crippen LogP contribution >= 0.6 is 11.3 Å². The molecule has 3 aliphatic carbocycles. The molecule has 2 aromatic rings. The summed E-state index contributed by atoms with van der Waals surface area (Å²) in [5.41, 5.74) is 0.483. The highest BCUT2D eigenvalue weighted by molar-refractivity contribution is 7.90. The maximum Gasteiger partial charge on any atom is 0.388 e. The third-order valence-electron chi connectivity index (χ3n) is 6.59. The first-order valence-electron chi connectivity index (χ1n) is 11.9. The fourth-order valence-corrected chi connectivity index (χ4v) is 7.66. The molecule has 1 amide bonds. The van der Waals surface area contributed by atoms with Gasteiger partial charge in [0.2, 0.25) is 21.8 Å². The first-order valence-corrected chi connectivity index (χ1v) is 14.2. The number of amides is 1. The molecule has 2 N–H and O–H groups in total. The molecule has 3 aliphatic rings. The number of nitrogens with one attached hydrogen (secondary N) is 2. The van der Waals surface area contributed by atoms with Crippen LogP contribution in [0.5, 0.6) is 5.88 Å². The summed E-state index contributed by atoms with van der Waals surface area (Å²) in [7, 11) is -2.64. The standard InChI is InChI=1S/C22H24F4N6O4S2/c1-32-17(8-18(30-32)36-22(25)26)28-9-27-11-2-3-16-14(6-11)19(38(34,35)31-12-4-10(23)5-12)21(37-16)29-20(33)13-7-15(13)24/h8,10-13,15,22,31H,2-7H2,1H3,(H,29,33)/t10-,11-,12+,13-,15-/m0/s1. The smallest absolute Gasteiger partial charge is 0.388 e. The van der Waals surface area contributed by atoms with Gasteiger partial charge in [0.1, 0.15) is 22.2 Å². The summed E-state index contributed by atoms with van der Waals surface area (Å²) < 4.78 is 86.2. The van der Waals surface area contributed by atoms with E-state index in [4.69, 9.17) is 0 Å². The van der Waals surface area contributed by atoms with Gasteiger partial charge in [0.05, 0.1) is 18.0 Å². The normalized spacial score (nSPS) is 26.2. The molecule has 206 valence electrons. The number of hydrogen-bond donors (Lipinski definition) is 2. The van der Waals surface area contributed by atoms with Crippen molar-refractivity contribution in [3.63, 3.8) is 0 Å². The lowest BCUT2D eigenvalue weighted by Crippen LogP contribution is -2.45. The van der Waals surface area contributed by atoms with Crippen molar-refractivity contribution < 1.29 is 35.5 Å². The number of alkyl halides is 4. The summed E-state index contributed by atoms with van der Waals surface area (Å²) in [6.45, 7) is -3.03. The Labute approximate surface area is 219 Å². The van der Waals surface area contributed by atoms with E-state index < -0.39 is 52.9 Å².